The van der Waals surface area contributed by atoms with Crippen LogP contribution in [0.2, 0.25) is 0 Å². The molecule has 0 aromatic heterocycles. The van der Waals surface area contributed by atoms with E-state index < -0.39 is 32.4 Å². The quantitative estimate of drug-likeness (QED) is 0.782. The van der Waals surface area contributed by atoms with E-state index in [0.717, 1.165) is 0 Å². The lowest BCUT2D eigenvalue weighted by atomic mass is 10.3. The van der Waals surface area contributed by atoms with E-state index in [-0.39, 0.29) is 19.0 Å². The minimum absolute atomic E-state index is 0. The number of nitrogens with one attached hydrogen (secondary N) is 1. The lowest BCUT2D eigenvalue weighted by molar-refractivity contribution is 0.493. The maximum atomic E-state index is 13.3. The summed E-state index contributed by atoms with van der Waals surface area (Å²) in [5, 5.41) is 0. The van der Waals surface area contributed by atoms with Gasteiger partial charge in [-0.05, 0) is 19.4 Å². The Hall–Kier alpha value is -0.830. The Morgan fingerprint density at radius 1 is 1.11 bits per heavy atom. The Balaban J connectivity index is 0.00000324. The van der Waals surface area contributed by atoms with Gasteiger partial charge in [0.05, 0.1) is 0 Å². The van der Waals surface area contributed by atoms with Crippen LogP contribution in [0.3, 0.4) is 0 Å². The zero-order valence-electron chi connectivity index (χ0n) is 9.83. The maximum absolute atomic E-state index is 13.3. The van der Waals surface area contributed by atoms with Gasteiger partial charge in [-0.25, -0.2) is 26.3 Å². The fourth-order valence-electron chi connectivity index (χ4n) is 1.33. The molecule has 0 amide bonds. The van der Waals surface area contributed by atoms with Crippen LogP contribution in [0.15, 0.2) is 17.0 Å². The van der Waals surface area contributed by atoms with Crippen molar-refractivity contribution in [3.8, 4) is 0 Å². The van der Waals surface area contributed by atoms with Crippen molar-refractivity contribution in [2.75, 3.05) is 13.1 Å². The van der Waals surface area contributed by atoms with E-state index in [0.29, 0.717) is 31.5 Å². The highest BCUT2D eigenvalue weighted by atomic mass is 35.5. The summed E-state index contributed by atoms with van der Waals surface area (Å²) in [5.74, 6) is -4.09. The van der Waals surface area contributed by atoms with Gasteiger partial charge in [0, 0.05) is 18.7 Å². The average Bonchev–Trinajstić information content (AvgIpc) is 2.22. The van der Waals surface area contributed by atoms with E-state index in [9.17, 15) is 21.6 Å². The van der Waals surface area contributed by atoms with Crippen molar-refractivity contribution in [1.82, 2.24) is 4.72 Å². The molecular formula is C10H14ClF3N2O2S. The number of nitrogens with two attached hydrogens (primary N) is 1. The van der Waals surface area contributed by atoms with Gasteiger partial charge in [-0.1, -0.05) is 0 Å². The first-order valence-corrected chi connectivity index (χ1v) is 6.71. The molecule has 0 aliphatic heterocycles. The van der Waals surface area contributed by atoms with Crippen LogP contribution in [0.1, 0.15) is 12.8 Å². The zero-order chi connectivity index (χ0) is 13.8. The predicted molar refractivity (Wildman–Crippen MR) is 67.0 cm³/mol. The smallest absolute Gasteiger partial charge is 0.246 e. The highest BCUT2D eigenvalue weighted by Crippen LogP contribution is 2.19. The standard InChI is InChI=1S/C10H13F3N2O2S.ClH/c11-7-5-8(12)10(9(13)6-7)18(16,17)15-4-2-1-3-14;/h5-6,15H,1-4,14H2;1H. The summed E-state index contributed by atoms with van der Waals surface area (Å²) in [6.07, 6.45) is 1.02. The number of rotatable bonds is 6. The first-order valence-electron chi connectivity index (χ1n) is 5.23. The second-order valence-corrected chi connectivity index (χ2v) is 5.30. The minimum atomic E-state index is -4.33. The molecule has 4 nitrogen and oxygen atoms in total. The Morgan fingerprint density at radius 2 is 1.63 bits per heavy atom. The van der Waals surface area contributed by atoms with Gasteiger partial charge in [-0.2, -0.15) is 0 Å². The van der Waals surface area contributed by atoms with Gasteiger partial charge in [0.1, 0.15) is 17.5 Å². The molecule has 110 valence electrons. The number of halogens is 4. The van der Waals surface area contributed by atoms with Crippen molar-refractivity contribution in [3.05, 3.63) is 29.6 Å². The molecule has 0 heterocycles. The molecule has 3 N–H and O–H groups in total. The zero-order valence-corrected chi connectivity index (χ0v) is 11.5. The van der Waals surface area contributed by atoms with Crippen molar-refractivity contribution in [2.45, 2.75) is 17.7 Å². The fourth-order valence-corrected chi connectivity index (χ4v) is 2.52. The third-order valence-corrected chi connectivity index (χ3v) is 3.67. The molecule has 0 saturated carbocycles. The van der Waals surface area contributed by atoms with Gasteiger partial charge in [0.25, 0.3) is 0 Å². The summed E-state index contributed by atoms with van der Waals surface area (Å²) in [4.78, 5) is -1.17. The van der Waals surface area contributed by atoms with Crippen molar-refractivity contribution in [3.63, 3.8) is 0 Å². The van der Waals surface area contributed by atoms with Crippen LogP contribution < -0.4 is 10.5 Å². The van der Waals surface area contributed by atoms with Crippen LogP contribution in [-0.2, 0) is 10.0 Å². The van der Waals surface area contributed by atoms with Crippen LogP contribution in [0.25, 0.3) is 0 Å². The molecular weight excluding hydrogens is 305 g/mol. The summed E-state index contributed by atoms with van der Waals surface area (Å²) in [6.45, 7) is 0.400. The van der Waals surface area contributed by atoms with Crippen LogP contribution in [0.5, 0.6) is 0 Å². The van der Waals surface area contributed by atoms with Crippen LogP contribution in [0.4, 0.5) is 13.2 Å². The van der Waals surface area contributed by atoms with Gasteiger partial charge in [0.2, 0.25) is 10.0 Å². The lowest BCUT2D eigenvalue weighted by Crippen LogP contribution is -2.27. The number of hydrogen-bond acceptors (Lipinski definition) is 3. The molecule has 1 aromatic carbocycles. The Morgan fingerprint density at radius 3 is 2.11 bits per heavy atom. The lowest BCUT2D eigenvalue weighted by Gasteiger charge is -2.08. The van der Waals surface area contributed by atoms with Crippen LogP contribution >= 0.6 is 12.4 Å². The molecule has 0 aliphatic carbocycles. The topological polar surface area (TPSA) is 72.2 Å². The van der Waals surface area contributed by atoms with Gasteiger partial charge in [-0.3, -0.25) is 0 Å². The van der Waals surface area contributed by atoms with Crippen molar-refractivity contribution >= 4 is 22.4 Å². The van der Waals surface area contributed by atoms with Gasteiger partial charge in [0.15, 0.2) is 4.90 Å². The van der Waals surface area contributed by atoms with Crippen molar-refractivity contribution in [1.29, 1.82) is 0 Å². The van der Waals surface area contributed by atoms with E-state index >= 15 is 0 Å². The van der Waals surface area contributed by atoms with Gasteiger partial charge in [-0.15, -0.1) is 12.4 Å². The number of hydrogen-bond donors (Lipinski definition) is 2. The van der Waals surface area contributed by atoms with Crippen LogP contribution in [0, 0.1) is 17.5 Å². The molecule has 1 aromatic rings. The highest BCUT2D eigenvalue weighted by Gasteiger charge is 2.24. The monoisotopic (exact) mass is 318 g/mol. The third-order valence-electron chi connectivity index (χ3n) is 2.15. The first-order chi connectivity index (χ1) is 8.38. The van der Waals surface area contributed by atoms with Gasteiger partial charge >= 0.3 is 0 Å². The molecule has 9 heteroatoms. The molecule has 0 bridgehead atoms. The van der Waals surface area contributed by atoms with E-state index in [1.54, 1.807) is 0 Å². The minimum Gasteiger partial charge on any atom is -0.330 e. The molecule has 0 unspecified atom stereocenters. The van der Waals surface area contributed by atoms with Crippen LogP contribution in [-0.4, -0.2) is 21.5 Å². The largest absolute Gasteiger partial charge is 0.330 e. The Labute approximate surface area is 115 Å². The molecule has 0 spiro atoms. The Kier molecular flexibility index (Phi) is 7.35. The molecule has 0 atom stereocenters. The normalized spacial score (nSPS) is 11.2. The van der Waals surface area contributed by atoms with Crippen molar-refractivity contribution < 1.29 is 21.6 Å². The summed E-state index contributed by atoms with van der Waals surface area (Å²) < 4.78 is 64.4. The SMILES string of the molecule is Cl.NCCCCNS(=O)(=O)c1c(F)cc(F)cc1F. The predicted octanol–water partition coefficient (Wildman–Crippen LogP) is 1.54. The summed E-state index contributed by atoms with van der Waals surface area (Å²) in [5.41, 5.74) is 5.22. The highest BCUT2D eigenvalue weighted by molar-refractivity contribution is 7.89. The number of benzene rings is 1. The number of sulfonamides is 1. The van der Waals surface area contributed by atoms with E-state index in [2.05, 4.69) is 0 Å². The van der Waals surface area contributed by atoms with E-state index in [1.165, 1.54) is 0 Å². The molecule has 0 saturated heterocycles. The van der Waals surface area contributed by atoms with Crippen molar-refractivity contribution in [2.24, 2.45) is 5.73 Å². The van der Waals surface area contributed by atoms with E-state index in [4.69, 9.17) is 5.73 Å². The van der Waals surface area contributed by atoms with Gasteiger partial charge < -0.3 is 5.73 Å². The molecule has 19 heavy (non-hydrogen) atoms. The fraction of sp³-hybridized carbons (Fsp3) is 0.400. The van der Waals surface area contributed by atoms with E-state index in [1.807, 2.05) is 4.72 Å². The second-order valence-electron chi connectivity index (χ2n) is 3.59. The third kappa shape index (κ3) is 4.98. The molecule has 0 radical (unpaired) electrons. The average molecular weight is 319 g/mol. The molecule has 1 rings (SSSR count). The maximum Gasteiger partial charge on any atom is 0.246 e. The second kappa shape index (κ2) is 7.68. The summed E-state index contributed by atoms with van der Waals surface area (Å²) in [7, 11) is -4.33. The number of unbranched alkanes of at least 4 members (excludes halogenated alkanes) is 1. The molecule has 0 fully saturated rings. The Bertz CT molecular complexity index is 503. The summed E-state index contributed by atoms with van der Waals surface area (Å²) in [6, 6.07) is 0.634. The summed E-state index contributed by atoms with van der Waals surface area (Å²) >= 11 is 0. The first kappa shape index (κ1) is 18.2. The molecule has 0 aliphatic rings.